The Morgan fingerprint density at radius 3 is 2.58 bits per heavy atom. The number of hydrogen-bond donors (Lipinski definition) is 2. The van der Waals surface area contributed by atoms with Crippen molar-refractivity contribution in [2.75, 3.05) is 5.73 Å². The van der Waals surface area contributed by atoms with E-state index in [1.807, 2.05) is 0 Å². The summed E-state index contributed by atoms with van der Waals surface area (Å²) in [6.45, 7) is 0. The molecule has 0 saturated carbocycles. The molecule has 0 fully saturated rings. The Kier molecular flexibility index (Phi) is 3.20. The van der Waals surface area contributed by atoms with Gasteiger partial charge in [0.25, 0.3) is 0 Å². The number of aromatic nitrogens is 1. The second-order valence-corrected chi connectivity index (χ2v) is 3.72. The number of nitrogen functional groups attached to an aromatic ring is 1. The molecule has 1 aromatic carbocycles. The Bertz CT molecular complexity index is 605. The first-order valence-electron chi connectivity index (χ1n) is 5.20. The van der Waals surface area contributed by atoms with Gasteiger partial charge in [0.1, 0.15) is 17.1 Å². The van der Waals surface area contributed by atoms with Gasteiger partial charge in [-0.05, 0) is 24.3 Å². The molecule has 0 radical (unpaired) electrons. The molecule has 19 heavy (non-hydrogen) atoms. The number of esters is 1. The Labute approximate surface area is 106 Å². The lowest BCUT2D eigenvalue weighted by Crippen LogP contribution is -2.11. The van der Waals surface area contributed by atoms with E-state index in [4.69, 9.17) is 10.5 Å². The second kappa shape index (κ2) is 4.68. The molecule has 100 valence electrons. The number of nitrogens with one attached hydrogen (secondary N) is 1. The van der Waals surface area contributed by atoms with Crippen molar-refractivity contribution in [2.45, 2.75) is 6.18 Å². The summed E-state index contributed by atoms with van der Waals surface area (Å²) in [7, 11) is 0. The van der Waals surface area contributed by atoms with E-state index in [-0.39, 0.29) is 17.1 Å². The van der Waals surface area contributed by atoms with Gasteiger partial charge in [-0.1, -0.05) is 6.07 Å². The van der Waals surface area contributed by atoms with Crippen LogP contribution in [-0.4, -0.2) is 11.0 Å². The summed E-state index contributed by atoms with van der Waals surface area (Å²) >= 11 is 0. The van der Waals surface area contributed by atoms with Gasteiger partial charge in [-0.2, -0.15) is 13.2 Å². The molecule has 2 rings (SSSR count). The maximum absolute atomic E-state index is 12.5. The molecule has 0 amide bonds. The predicted octanol–water partition coefficient (Wildman–Crippen LogP) is 2.83. The van der Waals surface area contributed by atoms with Crippen LogP contribution in [0.1, 0.15) is 15.9 Å². The highest BCUT2D eigenvalue weighted by Crippen LogP contribution is 2.31. The van der Waals surface area contributed by atoms with Crippen molar-refractivity contribution >= 4 is 11.8 Å². The van der Waals surface area contributed by atoms with Gasteiger partial charge in [0, 0.05) is 6.20 Å². The highest BCUT2D eigenvalue weighted by molar-refractivity contribution is 5.95. The van der Waals surface area contributed by atoms with Crippen molar-refractivity contribution in [2.24, 2.45) is 0 Å². The average molecular weight is 270 g/mol. The molecule has 1 aromatic heterocycles. The van der Waals surface area contributed by atoms with Crippen LogP contribution in [0, 0.1) is 0 Å². The van der Waals surface area contributed by atoms with Crippen molar-refractivity contribution < 1.29 is 22.7 Å². The van der Waals surface area contributed by atoms with Crippen LogP contribution >= 0.6 is 0 Å². The SMILES string of the molecule is Nc1[nH]ccc1C(=O)Oc1cccc(C(F)(F)F)c1. The van der Waals surface area contributed by atoms with E-state index in [9.17, 15) is 18.0 Å². The van der Waals surface area contributed by atoms with Crippen molar-refractivity contribution in [3.63, 3.8) is 0 Å². The number of carbonyl (C=O) groups excluding carboxylic acids is 1. The van der Waals surface area contributed by atoms with Crippen LogP contribution < -0.4 is 10.5 Å². The van der Waals surface area contributed by atoms with Gasteiger partial charge in [0.05, 0.1) is 5.56 Å². The first-order valence-corrected chi connectivity index (χ1v) is 5.20. The van der Waals surface area contributed by atoms with E-state index < -0.39 is 17.7 Å². The first kappa shape index (κ1) is 13.0. The Hall–Kier alpha value is -2.44. The van der Waals surface area contributed by atoms with E-state index in [2.05, 4.69) is 4.98 Å². The molecular weight excluding hydrogens is 261 g/mol. The molecule has 2 aromatic rings. The molecule has 0 atom stereocenters. The van der Waals surface area contributed by atoms with E-state index in [1.54, 1.807) is 0 Å². The van der Waals surface area contributed by atoms with Crippen molar-refractivity contribution in [3.8, 4) is 5.75 Å². The highest BCUT2D eigenvalue weighted by atomic mass is 19.4. The Morgan fingerprint density at radius 1 is 1.26 bits per heavy atom. The van der Waals surface area contributed by atoms with Crippen molar-refractivity contribution in [1.82, 2.24) is 4.98 Å². The zero-order valence-corrected chi connectivity index (χ0v) is 9.49. The third kappa shape index (κ3) is 2.87. The Balaban J connectivity index is 2.21. The molecule has 0 saturated heterocycles. The fraction of sp³-hybridized carbons (Fsp3) is 0.0833. The van der Waals surface area contributed by atoms with Gasteiger partial charge in [-0.3, -0.25) is 0 Å². The summed E-state index contributed by atoms with van der Waals surface area (Å²) < 4.78 is 42.3. The summed E-state index contributed by atoms with van der Waals surface area (Å²) in [6.07, 6.45) is -3.06. The first-order chi connectivity index (χ1) is 8.88. The molecule has 0 aliphatic heterocycles. The molecule has 1 heterocycles. The topological polar surface area (TPSA) is 68.1 Å². The largest absolute Gasteiger partial charge is 0.423 e. The normalized spacial score (nSPS) is 11.3. The standard InChI is InChI=1S/C12H9F3N2O2/c13-12(14,15)7-2-1-3-8(6-7)19-11(18)9-4-5-17-10(9)16/h1-6,17H,16H2. The van der Waals surface area contributed by atoms with Crippen LogP contribution in [-0.2, 0) is 6.18 Å². The zero-order chi connectivity index (χ0) is 14.0. The third-order valence-electron chi connectivity index (χ3n) is 2.37. The quantitative estimate of drug-likeness (QED) is 0.651. The van der Waals surface area contributed by atoms with E-state index >= 15 is 0 Å². The molecule has 0 aliphatic rings. The highest BCUT2D eigenvalue weighted by Gasteiger charge is 2.30. The fourth-order valence-corrected chi connectivity index (χ4v) is 1.46. The van der Waals surface area contributed by atoms with Crippen LogP contribution in [0.3, 0.4) is 0 Å². The van der Waals surface area contributed by atoms with E-state index in [1.165, 1.54) is 18.3 Å². The lowest BCUT2D eigenvalue weighted by Gasteiger charge is -2.08. The average Bonchev–Trinajstić information content (AvgIpc) is 2.75. The molecule has 7 heteroatoms. The summed E-state index contributed by atoms with van der Waals surface area (Å²) in [5.41, 5.74) is 4.64. The molecule has 0 bridgehead atoms. The minimum Gasteiger partial charge on any atom is -0.423 e. The van der Waals surface area contributed by atoms with Crippen molar-refractivity contribution in [1.29, 1.82) is 0 Å². The number of aromatic amines is 1. The number of benzene rings is 1. The number of alkyl halides is 3. The number of anilines is 1. The summed E-state index contributed by atoms with van der Waals surface area (Å²) in [5.74, 6) is -0.921. The lowest BCUT2D eigenvalue weighted by molar-refractivity contribution is -0.137. The number of halogens is 3. The molecule has 0 aliphatic carbocycles. The van der Waals surface area contributed by atoms with E-state index in [0.29, 0.717) is 0 Å². The predicted molar refractivity (Wildman–Crippen MR) is 61.6 cm³/mol. The minimum atomic E-state index is -4.49. The maximum Gasteiger partial charge on any atom is 0.416 e. The van der Waals surface area contributed by atoms with Crippen LogP contribution in [0.15, 0.2) is 36.5 Å². The summed E-state index contributed by atoms with van der Waals surface area (Å²) in [5, 5.41) is 0. The fourth-order valence-electron chi connectivity index (χ4n) is 1.46. The van der Waals surface area contributed by atoms with Gasteiger partial charge < -0.3 is 15.5 Å². The van der Waals surface area contributed by atoms with Crippen LogP contribution in [0.5, 0.6) is 5.75 Å². The number of rotatable bonds is 2. The third-order valence-corrected chi connectivity index (χ3v) is 2.37. The van der Waals surface area contributed by atoms with E-state index in [0.717, 1.165) is 18.2 Å². The monoisotopic (exact) mass is 270 g/mol. The summed E-state index contributed by atoms with van der Waals surface area (Å²) in [6, 6.07) is 5.44. The lowest BCUT2D eigenvalue weighted by atomic mass is 10.2. The second-order valence-electron chi connectivity index (χ2n) is 3.72. The van der Waals surface area contributed by atoms with Crippen LogP contribution in [0.25, 0.3) is 0 Å². The zero-order valence-electron chi connectivity index (χ0n) is 9.49. The van der Waals surface area contributed by atoms with Crippen LogP contribution in [0.4, 0.5) is 19.0 Å². The number of ether oxygens (including phenoxy) is 1. The number of carbonyl (C=O) groups is 1. The van der Waals surface area contributed by atoms with Gasteiger partial charge >= 0.3 is 12.1 Å². The molecule has 0 unspecified atom stereocenters. The molecule has 0 spiro atoms. The smallest absolute Gasteiger partial charge is 0.416 e. The number of hydrogen-bond acceptors (Lipinski definition) is 3. The molecule has 4 nitrogen and oxygen atoms in total. The molecule has 3 N–H and O–H groups in total. The maximum atomic E-state index is 12.5. The number of H-pyrrole nitrogens is 1. The van der Waals surface area contributed by atoms with Gasteiger partial charge in [-0.25, -0.2) is 4.79 Å². The number of nitrogens with two attached hydrogens (primary N) is 1. The van der Waals surface area contributed by atoms with Gasteiger partial charge in [-0.15, -0.1) is 0 Å². The van der Waals surface area contributed by atoms with Crippen molar-refractivity contribution in [3.05, 3.63) is 47.7 Å². The minimum absolute atomic E-state index is 0.0670. The molecular formula is C12H9F3N2O2. The van der Waals surface area contributed by atoms with Gasteiger partial charge in [0.15, 0.2) is 0 Å². The van der Waals surface area contributed by atoms with Crippen LogP contribution in [0.2, 0.25) is 0 Å². The Morgan fingerprint density at radius 2 is 2.00 bits per heavy atom. The summed E-state index contributed by atoms with van der Waals surface area (Å²) in [4.78, 5) is 14.2. The van der Waals surface area contributed by atoms with Gasteiger partial charge in [0.2, 0.25) is 0 Å².